The van der Waals surface area contributed by atoms with E-state index < -0.39 is 59.1 Å². The Kier molecular flexibility index (Phi) is 9.45. The molecule has 3 aromatic heterocycles. The van der Waals surface area contributed by atoms with Gasteiger partial charge in [-0.15, -0.1) is 40.0 Å². The number of carbonyl (C=O) groups excluding carboxylic acids is 3. The van der Waals surface area contributed by atoms with Crippen molar-refractivity contribution in [3.05, 3.63) is 55.8 Å². The molecule has 244 valence electrons. The lowest BCUT2D eigenvalue weighted by molar-refractivity contribution is -0.150. The molecule has 2 aliphatic rings. The fourth-order valence-corrected chi connectivity index (χ4v) is 7.93. The standard InChI is InChI=1S/C27H29N7O9S3/c1-27(2,3)43-25(41)28-9-13-6-7-44-15(13)8-17(35)29-20-22(38)33-21(24(39)40)14(12-46-23(20)33)11-45-18-5-4-16-30-32(10-19(36)37)26(42)34(16)31-18/h4-7,20,23H,8-12H2,1-3H3,(H,28,41)(H,29,35)(H,36,37)(H,39,40)/t20?,23-/m0/s1. The molecule has 0 aromatic carbocycles. The van der Waals surface area contributed by atoms with Crippen LogP contribution in [0.5, 0.6) is 0 Å². The molecule has 0 bridgehead atoms. The number of carboxylic acids is 2. The van der Waals surface area contributed by atoms with Crippen molar-refractivity contribution in [1.29, 1.82) is 0 Å². The molecule has 3 aromatic rings. The lowest BCUT2D eigenvalue weighted by Crippen LogP contribution is -2.70. The number of aromatic nitrogens is 4. The summed E-state index contributed by atoms with van der Waals surface area (Å²) >= 11 is 3.81. The smallest absolute Gasteiger partial charge is 0.407 e. The third-order valence-corrected chi connectivity index (χ3v) is 9.95. The van der Waals surface area contributed by atoms with E-state index >= 15 is 0 Å². The van der Waals surface area contributed by atoms with E-state index in [2.05, 4.69) is 20.8 Å². The third kappa shape index (κ3) is 7.20. The summed E-state index contributed by atoms with van der Waals surface area (Å²) in [6, 6.07) is 3.96. The molecule has 46 heavy (non-hydrogen) atoms. The van der Waals surface area contributed by atoms with Gasteiger partial charge in [0.15, 0.2) is 5.65 Å². The molecule has 0 saturated carbocycles. The highest BCUT2D eigenvalue weighted by Gasteiger charge is 2.54. The average Bonchev–Trinajstić information content (AvgIpc) is 3.54. The highest BCUT2D eigenvalue weighted by molar-refractivity contribution is 8.01. The zero-order chi connectivity index (χ0) is 33.3. The number of rotatable bonds is 11. The van der Waals surface area contributed by atoms with Gasteiger partial charge in [0.2, 0.25) is 5.91 Å². The van der Waals surface area contributed by atoms with Gasteiger partial charge in [0.05, 0.1) is 6.42 Å². The molecule has 4 N–H and O–H groups in total. The van der Waals surface area contributed by atoms with Crippen LogP contribution in [0.1, 0.15) is 31.2 Å². The first-order valence-electron chi connectivity index (χ1n) is 13.7. The van der Waals surface area contributed by atoms with Crippen LogP contribution < -0.4 is 16.3 Å². The second-order valence-corrected chi connectivity index (χ2v) is 14.3. The number of hydrogen-bond acceptors (Lipinski definition) is 12. The number of aliphatic carboxylic acids is 2. The van der Waals surface area contributed by atoms with Gasteiger partial charge in [-0.25, -0.2) is 14.4 Å². The number of hydrogen-bond donors (Lipinski definition) is 4. The summed E-state index contributed by atoms with van der Waals surface area (Å²) < 4.78 is 6.98. The minimum absolute atomic E-state index is 0.0245. The molecule has 5 heterocycles. The van der Waals surface area contributed by atoms with Crippen molar-refractivity contribution in [2.75, 3.05) is 11.5 Å². The molecule has 1 saturated heterocycles. The van der Waals surface area contributed by atoms with Crippen LogP contribution in [-0.4, -0.2) is 92.9 Å². The second-order valence-electron chi connectivity index (χ2n) is 11.2. The van der Waals surface area contributed by atoms with Crippen molar-refractivity contribution in [2.24, 2.45) is 0 Å². The van der Waals surface area contributed by atoms with Crippen molar-refractivity contribution < 1.29 is 38.9 Å². The summed E-state index contributed by atoms with van der Waals surface area (Å²) in [6.45, 7) is 4.81. The molecular weight excluding hydrogens is 663 g/mol. The van der Waals surface area contributed by atoms with E-state index in [9.17, 15) is 33.9 Å². The minimum Gasteiger partial charge on any atom is -0.480 e. The van der Waals surface area contributed by atoms with E-state index in [1.807, 2.05) is 0 Å². The van der Waals surface area contributed by atoms with E-state index in [1.54, 1.807) is 38.3 Å². The number of thioether (sulfide) groups is 2. The van der Waals surface area contributed by atoms with E-state index in [4.69, 9.17) is 9.84 Å². The summed E-state index contributed by atoms with van der Waals surface area (Å²) in [7, 11) is 0. The zero-order valence-electron chi connectivity index (χ0n) is 24.7. The van der Waals surface area contributed by atoms with Gasteiger partial charge >= 0.3 is 23.7 Å². The largest absolute Gasteiger partial charge is 0.480 e. The molecule has 2 aliphatic heterocycles. The predicted molar refractivity (Wildman–Crippen MR) is 166 cm³/mol. The van der Waals surface area contributed by atoms with Crippen LogP contribution in [0, 0.1) is 0 Å². The Morgan fingerprint density at radius 2 is 1.89 bits per heavy atom. The molecule has 0 radical (unpaired) electrons. The third-order valence-electron chi connectivity index (χ3n) is 6.64. The molecule has 16 nitrogen and oxygen atoms in total. The number of nitrogens with zero attached hydrogens (tertiary/aromatic N) is 5. The molecule has 1 fully saturated rings. The van der Waals surface area contributed by atoms with Crippen LogP contribution in [0.2, 0.25) is 0 Å². The van der Waals surface area contributed by atoms with Crippen molar-refractivity contribution in [1.82, 2.24) is 34.9 Å². The molecule has 1 unspecified atom stereocenters. The van der Waals surface area contributed by atoms with Crippen LogP contribution >= 0.6 is 34.9 Å². The van der Waals surface area contributed by atoms with E-state index in [0.717, 1.165) is 26.5 Å². The summed E-state index contributed by atoms with van der Waals surface area (Å²) in [5.41, 5.74) is -0.174. The number of amides is 3. The highest BCUT2D eigenvalue weighted by Crippen LogP contribution is 2.41. The van der Waals surface area contributed by atoms with Crippen molar-refractivity contribution in [2.45, 2.75) is 62.3 Å². The first-order valence-corrected chi connectivity index (χ1v) is 16.7. The summed E-state index contributed by atoms with van der Waals surface area (Å²) in [4.78, 5) is 75.6. The Balaban J connectivity index is 1.20. The number of ether oxygens (including phenoxy) is 1. The lowest BCUT2D eigenvalue weighted by Gasteiger charge is -2.49. The Hall–Kier alpha value is -4.36. The number of nitrogens with one attached hydrogen (secondary N) is 2. The van der Waals surface area contributed by atoms with E-state index in [1.165, 1.54) is 34.1 Å². The monoisotopic (exact) mass is 691 g/mol. The van der Waals surface area contributed by atoms with E-state index in [0.29, 0.717) is 15.5 Å². The van der Waals surface area contributed by atoms with Gasteiger partial charge in [-0.3, -0.25) is 19.3 Å². The SMILES string of the molecule is CC(C)(C)OC(=O)NCc1ccsc1CC(=O)NC1C(=O)N2C(C(=O)O)=C(CSc3ccc4nn(CC(=O)O)c(=O)n4n3)CS[C@@H]12. The molecule has 0 aliphatic carbocycles. The first kappa shape index (κ1) is 33.0. The number of fused-ring (bicyclic) bond motifs is 2. The molecule has 3 amide bonds. The Bertz CT molecular complexity index is 1820. The molecular formula is C27H29N7O9S3. The van der Waals surface area contributed by atoms with Crippen LogP contribution in [-0.2, 0) is 43.4 Å². The normalized spacial score (nSPS) is 17.8. The van der Waals surface area contributed by atoms with Gasteiger partial charge < -0.3 is 25.6 Å². The van der Waals surface area contributed by atoms with E-state index in [-0.39, 0.29) is 35.8 Å². The lowest BCUT2D eigenvalue weighted by atomic mass is 10.0. The van der Waals surface area contributed by atoms with Crippen LogP contribution in [0.4, 0.5) is 4.79 Å². The Morgan fingerprint density at radius 3 is 2.59 bits per heavy atom. The summed E-state index contributed by atoms with van der Waals surface area (Å²) in [5, 5.41) is 34.0. The van der Waals surface area contributed by atoms with Gasteiger partial charge in [0, 0.05) is 22.9 Å². The quantitative estimate of drug-likeness (QED) is 0.164. The van der Waals surface area contributed by atoms with Gasteiger partial charge in [0.25, 0.3) is 5.91 Å². The number of thiophene rings is 1. The fourth-order valence-electron chi connectivity index (χ4n) is 4.69. The molecule has 5 rings (SSSR count). The summed E-state index contributed by atoms with van der Waals surface area (Å²) in [5.74, 6) is -3.04. The Morgan fingerprint density at radius 1 is 1.13 bits per heavy atom. The molecule has 2 atom stereocenters. The Labute approximate surface area is 273 Å². The van der Waals surface area contributed by atoms with Gasteiger partial charge in [-0.1, -0.05) is 0 Å². The maximum Gasteiger partial charge on any atom is 0.407 e. The highest BCUT2D eigenvalue weighted by atomic mass is 32.2. The van der Waals surface area contributed by atoms with Crippen LogP contribution in [0.25, 0.3) is 5.65 Å². The maximum atomic E-state index is 13.1. The number of β-lactam (4-membered cyclic amide) rings is 1. The fraction of sp³-hybridized carbons (Fsp3) is 0.407. The van der Waals surface area contributed by atoms with Crippen LogP contribution in [0.3, 0.4) is 0 Å². The summed E-state index contributed by atoms with van der Waals surface area (Å²) in [6.07, 6.45) is -0.606. The number of carbonyl (C=O) groups is 5. The van der Waals surface area contributed by atoms with Gasteiger partial charge in [-0.05, 0) is 55.5 Å². The van der Waals surface area contributed by atoms with Crippen molar-refractivity contribution in [3.63, 3.8) is 0 Å². The zero-order valence-corrected chi connectivity index (χ0v) is 27.2. The average molecular weight is 692 g/mol. The predicted octanol–water partition coefficient (Wildman–Crippen LogP) is 1.14. The van der Waals surface area contributed by atoms with Gasteiger partial charge in [0.1, 0.15) is 34.3 Å². The second kappa shape index (κ2) is 13.2. The first-order chi connectivity index (χ1) is 21.7. The number of carboxylic acid groups (broad SMARTS) is 2. The minimum atomic E-state index is -1.28. The number of alkyl carbamates (subject to hydrolysis) is 1. The maximum absolute atomic E-state index is 13.1. The molecule has 0 spiro atoms. The van der Waals surface area contributed by atoms with Crippen LogP contribution in [0.15, 0.2) is 44.7 Å². The van der Waals surface area contributed by atoms with Crippen molar-refractivity contribution in [3.8, 4) is 0 Å². The van der Waals surface area contributed by atoms with Gasteiger partial charge in [-0.2, -0.15) is 14.3 Å². The topological polar surface area (TPSA) is 215 Å². The van der Waals surface area contributed by atoms with Crippen molar-refractivity contribution >= 4 is 70.4 Å². The molecule has 19 heteroatoms.